The van der Waals surface area contributed by atoms with E-state index in [0.717, 1.165) is 19.3 Å². The van der Waals surface area contributed by atoms with E-state index in [9.17, 15) is 4.39 Å². The van der Waals surface area contributed by atoms with Crippen molar-refractivity contribution in [3.8, 4) is 0 Å². The maximum atomic E-state index is 13.2. The van der Waals surface area contributed by atoms with E-state index < -0.39 is 5.95 Å². The first-order valence-corrected chi connectivity index (χ1v) is 6.66. The molecule has 1 aliphatic rings. The Labute approximate surface area is 112 Å². The minimum absolute atomic E-state index is 0.393. The second-order valence-corrected chi connectivity index (χ2v) is 5.09. The summed E-state index contributed by atoms with van der Waals surface area (Å²) in [6.07, 6.45) is 3.18. The number of benzene rings is 1. The number of likely N-dealkylation sites (N-methyl/N-ethyl adjacent to an activating group) is 1. The number of hydrogen-bond acceptors (Lipinski definition) is 2. The van der Waals surface area contributed by atoms with Gasteiger partial charge in [-0.1, -0.05) is 30.3 Å². The summed E-state index contributed by atoms with van der Waals surface area (Å²) < 4.78 is 13.2. The van der Waals surface area contributed by atoms with E-state index in [0.29, 0.717) is 11.9 Å². The number of nitrogens with zero attached hydrogens (tertiary/aromatic N) is 2. The van der Waals surface area contributed by atoms with E-state index in [-0.39, 0.29) is 0 Å². The predicted octanol–water partition coefficient (Wildman–Crippen LogP) is 3.21. The molecule has 1 heterocycles. The van der Waals surface area contributed by atoms with Gasteiger partial charge in [0.25, 0.3) is 0 Å². The van der Waals surface area contributed by atoms with Crippen molar-refractivity contribution < 1.29 is 4.39 Å². The molecule has 0 amide bonds. The van der Waals surface area contributed by atoms with Gasteiger partial charge in [-0.15, -0.1) is 0 Å². The second kappa shape index (κ2) is 5.00. The van der Waals surface area contributed by atoms with Crippen molar-refractivity contribution in [1.82, 2.24) is 4.98 Å². The predicted molar refractivity (Wildman–Crippen MR) is 74.9 cm³/mol. The molecule has 0 N–H and O–H groups in total. The third-order valence-electron chi connectivity index (χ3n) is 3.93. The molecule has 3 heteroatoms. The van der Waals surface area contributed by atoms with Crippen molar-refractivity contribution in [2.45, 2.75) is 25.3 Å². The van der Waals surface area contributed by atoms with Crippen molar-refractivity contribution in [3.05, 3.63) is 59.5 Å². The largest absolute Gasteiger partial charge is 0.356 e. The molecule has 1 unspecified atom stereocenters. The highest BCUT2D eigenvalue weighted by molar-refractivity contribution is 5.41. The van der Waals surface area contributed by atoms with Crippen LogP contribution in [-0.4, -0.2) is 18.1 Å². The first-order valence-electron chi connectivity index (χ1n) is 6.66. The van der Waals surface area contributed by atoms with Gasteiger partial charge in [-0.25, -0.2) is 4.98 Å². The van der Waals surface area contributed by atoms with E-state index in [4.69, 9.17) is 0 Å². The summed E-state index contributed by atoms with van der Waals surface area (Å²) in [4.78, 5) is 6.06. The van der Waals surface area contributed by atoms with E-state index in [1.165, 1.54) is 17.2 Å². The molecule has 98 valence electrons. The summed E-state index contributed by atoms with van der Waals surface area (Å²) in [6, 6.07) is 13.9. The van der Waals surface area contributed by atoms with Gasteiger partial charge in [0.1, 0.15) is 5.82 Å². The molecule has 0 saturated heterocycles. The average Bonchev–Trinajstić information content (AvgIpc) is 2.46. The van der Waals surface area contributed by atoms with Crippen LogP contribution in [0.2, 0.25) is 0 Å². The summed E-state index contributed by atoms with van der Waals surface area (Å²) in [5, 5.41) is 0. The van der Waals surface area contributed by atoms with Crippen LogP contribution in [0.15, 0.2) is 42.5 Å². The molecule has 0 radical (unpaired) electrons. The average molecular weight is 256 g/mol. The smallest absolute Gasteiger partial charge is 0.214 e. The monoisotopic (exact) mass is 256 g/mol. The lowest BCUT2D eigenvalue weighted by atomic mass is 9.88. The van der Waals surface area contributed by atoms with Crippen LogP contribution >= 0.6 is 0 Å². The highest BCUT2D eigenvalue weighted by Crippen LogP contribution is 2.26. The number of anilines is 1. The Kier molecular flexibility index (Phi) is 3.20. The van der Waals surface area contributed by atoms with Gasteiger partial charge >= 0.3 is 0 Å². The van der Waals surface area contributed by atoms with Crippen LogP contribution in [0.3, 0.4) is 0 Å². The summed E-state index contributed by atoms with van der Waals surface area (Å²) in [5.74, 6) is 0.296. The van der Waals surface area contributed by atoms with Crippen LogP contribution in [0.25, 0.3) is 0 Å². The van der Waals surface area contributed by atoms with Crippen LogP contribution in [0.4, 0.5) is 10.2 Å². The molecular weight excluding hydrogens is 239 g/mol. The Balaban J connectivity index is 1.81. The fourth-order valence-electron chi connectivity index (χ4n) is 2.79. The molecule has 1 aliphatic carbocycles. The van der Waals surface area contributed by atoms with Crippen molar-refractivity contribution in [1.29, 1.82) is 0 Å². The highest BCUT2D eigenvalue weighted by Gasteiger charge is 2.22. The van der Waals surface area contributed by atoms with Gasteiger partial charge in [0.2, 0.25) is 5.95 Å². The molecule has 0 aliphatic heterocycles. The Morgan fingerprint density at radius 2 is 1.89 bits per heavy atom. The maximum Gasteiger partial charge on any atom is 0.214 e. The van der Waals surface area contributed by atoms with E-state index in [1.54, 1.807) is 6.07 Å². The Morgan fingerprint density at radius 3 is 2.68 bits per heavy atom. The zero-order valence-electron chi connectivity index (χ0n) is 11.0. The third kappa shape index (κ3) is 2.46. The van der Waals surface area contributed by atoms with Gasteiger partial charge < -0.3 is 4.90 Å². The van der Waals surface area contributed by atoms with Crippen molar-refractivity contribution in [3.63, 3.8) is 0 Å². The molecule has 2 aromatic rings. The van der Waals surface area contributed by atoms with Crippen LogP contribution < -0.4 is 4.90 Å². The summed E-state index contributed by atoms with van der Waals surface area (Å²) in [5.41, 5.74) is 2.85. The highest BCUT2D eigenvalue weighted by atomic mass is 19.1. The molecule has 0 fully saturated rings. The van der Waals surface area contributed by atoms with Crippen molar-refractivity contribution in [2.24, 2.45) is 0 Å². The number of aryl methyl sites for hydroxylation is 1. The van der Waals surface area contributed by atoms with Gasteiger partial charge in [-0.05, 0) is 42.5 Å². The van der Waals surface area contributed by atoms with E-state index >= 15 is 0 Å². The number of hydrogen-bond donors (Lipinski definition) is 0. The quantitative estimate of drug-likeness (QED) is 0.767. The molecular formula is C16H17FN2. The summed E-state index contributed by atoms with van der Waals surface area (Å²) >= 11 is 0. The van der Waals surface area contributed by atoms with Crippen LogP contribution in [0.1, 0.15) is 17.5 Å². The SMILES string of the molecule is CN(c1cccc(F)n1)C1CCc2ccccc2C1. The minimum Gasteiger partial charge on any atom is -0.356 e. The minimum atomic E-state index is -0.416. The first-order chi connectivity index (χ1) is 9.24. The van der Waals surface area contributed by atoms with E-state index in [1.807, 2.05) is 13.1 Å². The lowest BCUT2D eigenvalue weighted by molar-refractivity contribution is 0.534. The third-order valence-corrected chi connectivity index (χ3v) is 3.93. The lowest BCUT2D eigenvalue weighted by Gasteiger charge is -2.33. The number of rotatable bonds is 2. The molecule has 1 atom stereocenters. The Bertz CT molecular complexity index is 582. The first kappa shape index (κ1) is 12.2. The Hall–Kier alpha value is -1.90. The standard InChI is InChI=1S/C16H17FN2/c1-19(16-8-4-7-15(17)18-16)14-10-9-12-5-2-3-6-13(12)11-14/h2-8,14H,9-11H2,1H3. The fraction of sp³-hybridized carbons (Fsp3) is 0.312. The van der Waals surface area contributed by atoms with Gasteiger partial charge in [-0.3, -0.25) is 0 Å². The topological polar surface area (TPSA) is 16.1 Å². The zero-order valence-corrected chi connectivity index (χ0v) is 11.0. The fourth-order valence-corrected chi connectivity index (χ4v) is 2.79. The molecule has 19 heavy (non-hydrogen) atoms. The molecule has 1 aromatic heterocycles. The number of aromatic nitrogens is 1. The van der Waals surface area contributed by atoms with Crippen LogP contribution in [0, 0.1) is 5.95 Å². The van der Waals surface area contributed by atoms with Crippen molar-refractivity contribution in [2.75, 3.05) is 11.9 Å². The molecule has 0 spiro atoms. The van der Waals surface area contributed by atoms with Gasteiger partial charge in [0.05, 0.1) is 0 Å². The lowest BCUT2D eigenvalue weighted by Crippen LogP contribution is -2.37. The normalized spacial score (nSPS) is 17.9. The van der Waals surface area contributed by atoms with Gasteiger partial charge in [0.15, 0.2) is 0 Å². The number of halogens is 1. The van der Waals surface area contributed by atoms with Crippen molar-refractivity contribution >= 4 is 5.82 Å². The number of fused-ring (bicyclic) bond motifs is 1. The van der Waals surface area contributed by atoms with Crippen LogP contribution in [-0.2, 0) is 12.8 Å². The molecule has 3 rings (SSSR count). The van der Waals surface area contributed by atoms with E-state index in [2.05, 4.69) is 34.1 Å². The Morgan fingerprint density at radius 1 is 1.11 bits per heavy atom. The maximum absolute atomic E-state index is 13.2. The summed E-state index contributed by atoms with van der Waals surface area (Å²) in [6.45, 7) is 0. The molecule has 0 saturated carbocycles. The summed E-state index contributed by atoms with van der Waals surface area (Å²) in [7, 11) is 2.00. The molecule has 1 aromatic carbocycles. The zero-order chi connectivity index (χ0) is 13.2. The van der Waals surface area contributed by atoms with Crippen LogP contribution in [0.5, 0.6) is 0 Å². The molecule has 0 bridgehead atoms. The second-order valence-electron chi connectivity index (χ2n) is 5.09. The molecule has 2 nitrogen and oxygen atoms in total. The van der Waals surface area contributed by atoms with Gasteiger partial charge in [-0.2, -0.15) is 4.39 Å². The van der Waals surface area contributed by atoms with Gasteiger partial charge in [0, 0.05) is 13.1 Å². The number of pyridine rings is 1.